The molecule has 0 aliphatic rings. The van der Waals surface area contributed by atoms with E-state index in [-0.39, 0.29) is 28.8 Å². The summed E-state index contributed by atoms with van der Waals surface area (Å²) >= 11 is 0. The molecule has 0 radical (unpaired) electrons. The van der Waals surface area contributed by atoms with E-state index >= 15 is 0 Å². The number of methoxy groups -OCH3 is 1. The van der Waals surface area contributed by atoms with Crippen molar-refractivity contribution in [2.45, 2.75) is 0 Å². The Morgan fingerprint density at radius 3 is 2.58 bits per heavy atom. The van der Waals surface area contributed by atoms with Crippen LogP contribution >= 0.6 is 0 Å². The zero-order valence-corrected chi connectivity index (χ0v) is 16.3. The van der Waals surface area contributed by atoms with Crippen molar-refractivity contribution < 1.29 is 23.8 Å². The first-order valence-corrected chi connectivity index (χ1v) is 9.15. The Labute approximate surface area is 176 Å². The first-order chi connectivity index (χ1) is 15.0. The number of anilines is 2. The molecule has 9 heteroatoms. The lowest BCUT2D eigenvalue weighted by Crippen LogP contribution is -2.20. The van der Waals surface area contributed by atoms with Crippen LogP contribution in [0.5, 0.6) is 23.1 Å². The summed E-state index contributed by atoms with van der Waals surface area (Å²) in [5.74, 6) is -0.213. The van der Waals surface area contributed by atoms with E-state index in [1.54, 1.807) is 24.3 Å². The molecule has 0 spiro atoms. The summed E-state index contributed by atoms with van der Waals surface area (Å²) in [6.45, 7) is 0. The largest absolute Gasteiger partial charge is 0.504 e. The number of rotatable bonds is 5. The quantitative estimate of drug-likeness (QED) is 0.423. The molecule has 1 heterocycles. The van der Waals surface area contributed by atoms with Crippen molar-refractivity contribution in [2.75, 3.05) is 17.7 Å². The second kappa shape index (κ2) is 8.54. The van der Waals surface area contributed by atoms with E-state index in [1.165, 1.54) is 37.7 Å². The number of phenols is 1. The molecule has 4 rings (SSSR count). The molecule has 0 fully saturated rings. The summed E-state index contributed by atoms with van der Waals surface area (Å²) < 4.78 is 25.3. The van der Waals surface area contributed by atoms with Gasteiger partial charge in [-0.3, -0.25) is 0 Å². The summed E-state index contributed by atoms with van der Waals surface area (Å²) in [4.78, 5) is 20.2. The van der Waals surface area contributed by atoms with Crippen molar-refractivity contribution in [3.8, 4) is 23.1 Å². The highest BCUT2D eigenvalue weighted by Gasteiger charge is 2.13. The Kier molecular flexibility index (Phi) is 5.48. The number of fused-ring (bicyclic) bond motifs is 1. The highest BCUT2D eigenvalue weighted by atomic mass is 19.1. The highest BCUT2D eigenvalue weighted by Crippen LogP contribution is 2.35. The summed E-state index contributed by atoms with van der Waals surface area (Å²) in [6.07, 6.45) is 1.27. The Bertz CT molecular complexity index is 1250. The lowest BCUT2D eigenvalue weighted by molar-refractivity contribution is 0.262. The van der Waals surface area contributed by atoms with Gasteiger partial charge < -0.3 is 25.2 Å². The minimum Gasteiger partial charge on any atom is -0.504 e. The number of benzene rings is 3. The number of ether oxygens (including phenoxy) is 2. The maximum atomic E-state index is 14.5. The van der Waals surface area contributed by atoms with Crippen molar-refractivity contribution in [1.29, 1.82) is 0 Å². The van der Waals surface area contributed by atoms with Crippen LogP contribution in [0.4, 0.5) is 20.6 Å². The highest BCUT2D eigenvalue weighted by molar-refractivity contribution is 5.99. The normalized spacial score (nSPS) is 10.5. The first kappa shape index (κ1) is 19.9. The van der Waals surface area contributed by atoms with Gasteiger partial charge in [0.15, 0.2) is 11.5 Å². The Balaban J connectivity index is 1.53. The van der Waals surface area contributed by atoms with E-state index in [0.29, 0.717) is 16.6 Å². The minimum atomic E-state index is -0.686. The fourth-order valence-electron chi connectivity index (χ4n) is 2.87. The van der Waals surface area contributed by atoms with E-state index in [0.717, 1.165) is 6.07 Å². The fraction of sp³-hybridized carbons (Fsp3) is 0.0455. The molecule has 8 nitrogen and oxygen atoms in total. The van der Waals surface area contributed by atoms with Crippen LogP contribution in [0, 0.1) is 5.82 Å². The second-order valence-electron chi connectivity index (χ2n) is 6.41. The SMILES string of the molecule is COc1cc2c(Oc3ccc(NC(=O)Nc4ccccc4)c(F)c3)ncnc2cc1O. The third-order valence-electron chi connectivity index (χ3n) is 4.33. The number of phenolic OH excluding ortho intramolecular Hbond substituents is 1. The number of hydrogen-bond donors (Lipinski definition) is 3. The predicted molar refractivity (Wildman–Crippen MR) is 113 cm³/mol. The van der Waals surface area contributed by atoms with E-state index in [2.05, 4.69) is 20.6 Å². The molecular weight excluding hydrogens is 403 g/mol. The number of aromatic nitrogens is 2. The van der Waals surface area contributed by atoms with Gasteiger partial charge in [0.1, 0.15) is 17.9 Å². The van der Waals surface area contributed by atoms with Gasteiger partial charge in [0.25, 0.3) is 0 Å². The number of amides is 2. The molecule has 0 saturated heterocycles. The van der Waals surface area contributed by atoms with Gasteiger partial charge in [0.2, 0.25) is 5.88 Å². The number of hydrogen-bond acceptors (Lipinski definition) is 6. The van der Waals surface area contributed by atoms with Crippen molar-refractivity contribution in [1.82, 2.24) is 9.97 Å². The van der Waals surface area contributed by atoms with E-state index in [4.69, 9.17) is 9.47 Å². The van der Waals surface area contributed by atoms with Gasteiger partial charge >= 0.3 is 6.03 Å². The van der Waals surface area contributed by atoms with Gasteiger partial charge in [-0.15, -0.1) is 0 Å². The number of nitrogens with zero attached hydrogens (tertiary/aromatic N) is 2. The number of carbonyl (C=O) groups excluding carboxylic acids is 1. The van der Waals surface area contributed by atoms with Crippen LogP contribution in [0.3, 0.4) is 0 Å². The molecule has 4 aromatic rings. The van der Waals surface area contributed by atoms with Crippen LogP contribution < -0.4 is 20.1 Å². The third kappa shape index (κ3) is 4.45. The van der Waals surface area contributed by atoms with Gasteiger partial charge in [0, 0.05) is 17.8 Å². The van der Waals surface area contributed by atoms with Gasteiger partial charge in [-0.2, -0.15) is 0 Å². The molecule has 1 aromatic heterocycles. The Morgan fingerprint density at radius 2 is 1.84 bits per heavy atom. The Hall–Kier alpha value is -4.40. The molecule has 0 aliphatic heterocycles. The molecule has 0 unspecified atom stereocenters. The van der Waals surface area contributed by atoms with E-state index < -0.39 is 11.8 Å². The first-order valence-electron chi connectivity index (χ1n) is 9.15. The summed E-state index contributed by atoms with van der Waals surface area (Å²) in [7, 11) is 1.42. The molecule has 0 bridgehead atoms. The van der Waals surface area contributed by atoms with Crippen LogP contribution in [0.1, 0.15) is 0 Å². The van der Waals surface area contributed by atoms with Crippen LogP contribution in [0.2, 0.25) is 0 Å². The smallest absolute Gasteiger partial charge is 0.323 e. The molecule has 156 valence electrons. The zero-order valence-electron chi connectivity index (χ0n) is 16.3. The average Bonchev–Trinajstić information content (AvgIpc) is 2.76. The number of halogens is 1. The molecule has 2 amide bonds. The summed E-state index contributed by atoms with van der Waals surface area (Å²) in [5, 5.41) is 15.4. The molecular formula is C22H17FN4O4. The van der Waals surface area contributed by atoms with Crippen LogP contribution in [0.25, 0.3) is 10.9 Å². The molecule has 31 heavy (non-hydrogen) atoms. The second-order valence-corrected chi connectivity index (χ2v) is 6.41. The van der Waals surface area contributed by atoms with Crippen LogP contribution in [-0.2, 0) is 0 Å². The number of nitrogens with one attached hydrogen (secondary N) is 2. The molecule has 3 aromatic carbocycles. The number of para-hydroxylation sites is 1. The monoisotopic (exact) mass is 420 g/mol. The maximum absolute atomic E-state index is 14.5. The maximum Gasteiger partial charge on any atom is 0.323 e. The van der Waals surface area contributed by atoms with Gasteiger partial charge in [0.05, 0.1) is 23.7 Å². The molecule has 0 saturated carbocycles. The molecule has 3 N–H and O–H groups in total. The number of urea groups is 1. The molecule has 0 atom stereocenters. The fourth-order valence-corrected chi connectivity index (χ4v) is 2.87. The lowest BCUT2D eigenvalue weighted by Gasteiger charge is -2.11. The van der Waals surface area contributed by atoms with Crippen molar-refractivity contribution in [2.24, 2.45) is 0 Å². The topological polar surface area (TPSA) is 106 Å². The van der Waals surface area contributed by atoms with Crippen LogP contribution in [0.15, 0.2) is 67.0 Å². The lowest BCUT2D eigenvalue weighted by atomic mass is 10.2. The van der Waals surface area contributed by atoms with Crippen LogP contribution in [-0.4, -0.2) is 28.2 Å². The molecule has 0 aliphatic carbocycles. The number of carbonyl (C=O) groups is 1. The minimum absolute atomic E-state index is 0.0140. The number of aromatic hydroxyl groups is 1. The van der Waals surface area contributed by atoms with E-state index in [9.17, 15) is 14.3 Å². The van der Waals surface area contributed by atoms with Crippen molar-refractivity contribution >= 4 is 28.3 Å². The predicted octanol–water partition coefficient (Wildman–Crippen LogP) is 4.92. The standard InChI is InChI=1S/C22H17FN4O4/c1-30-20-10-15-18(11-19(20)28)24-12-25-21(15)31-14-7-8-17(16(23)9-14)27-22(29)26-13-5-3-2-4-6-13/h2-12,28H,1H3,(H2,26,27,29). The summed E-state index contributed by atoms with van der Waals surface area (Å²) in [5.41, 5.74) is 0.997. The third-order valence-corrected chi connectivity index (χ3v) is 4.33. The summed E-state index contributed by atoms with van der Waals surface area (Å²) in [6, 6.07) is 15.2. The van der Waals surface area contributed by atoms with Crippen molar-refractivity contribution in [3.05, 3.63) is 72.8 Å². The van der Waals surface area contributed by atoms with E-state index in [1.807, 2.05) is 6.07 Å². The van der Waals surface area contributed by atoms with Gasteiger partial charge in [-0.25, -0.2) is 19.2 Å². The van der Waals surface area contributed by atoms with Crippen molar-refractivity contribution in [3.63, 3.8) is 0 Å². The van der Waals surface area contributed by atoms with Gasteiger partial charge in [-0.1, -0.05) is 18.2 Å². The average molecular weight is 420 g/mol. The zero-order chi connectivity index (χ0) is 21.8. The van der Waals surface area contributed by atoms with Gasteiger partial charge in [-0.05, 0) is 30.3 Å². The Morgan fingerprint density at radius 1 is 1.03 bits per heavy atom.